The molecule has 1 amide bonds. The van der Waals surface area contributed by atoms with Gasteiger partial charge in [0.05, 0.1) is 26.3 Å². The third-order valence-electron chi connectivity index (χ3n) is 4.17. The summed E-state index contributed by atoms with van der Waals surface area (Å²) in [7, 11) is -3.96. The Morgan fingerprint density at radius 1 is 0.903 bits per heavy atom. The molecule has 0 saturated carbocycles. The number of nitrogens with one attached hydrogen (secondary N) is 2. The first kappa shape index (κ1) is 23.1. The zero-order chi connectivity index (χ0) is 22.6. The van der Waals surface area contributed by atoms with Crippen molar-refractivity contribution in [2.75, 3.05) is 4.72 Å². The molecule has 31 heavy (non-hydrogen) atoms. The van der Waals surface area contributed by atoms with Gasteiger partial charge in [0.15, 0.2) is 0 Å². The van der Waals surface area contributed by atoms with Gasteiger partial charge in [-0.1, -0.05) is 59.1 Å². The molecule has 0 bridgehead atoms. The van der Waals surface area contributed by atoms with Gasteiger partial charge >= 0.3 is 0 Å². The number of halogens is 3. The fraction of sp³-hybridized carbons (Fsp3) is 0.0476. The van der Waals surface area contributed by atoms with E-state index in [0.717, 1.165) is 0 Å². The molecule has 0 aliphatic carbocycles. The van der Waals surface area contributed by atoms with E-state index in [9.17, 15) is 13.2 Å². The van der Waals surface area contributed by atoms with Crippen LogP contribution in [0.3, 0.4) is 0 Å². The number of hydrazone groups is 1. The maximum atomic E-state index is 12.7. The molecule has 0 unspecified atom stereocenters. The van der Waals surface area contributed by atoms with E-state index in [2.05, 4.69) is 15.2 Å². The summed E-state index contributed by atoms with van der Waals surface area (Å²) >= 11 is 18.0. The van der Waals surface area contributed by atoms with E-state index in [1.807, 2.05) is 0 Å². The van der Waals surface area contributed by atoms with Crippen LogP contribution < -0.4 is 10.1 Å². The molecule has 0 atom stereocenters. The van der Waals surface area contributed by atoms with Crippen LogP contribution in [0.5, 0.6) is 0 Å². The molecule has 0 aromatic heterocycles. The quantitative estimate of drug-likeness (QED) is 0.344. The Bertz CT molecular complexity index is 1280. The number of benzene rings is 3. The normalized spacial score (nSPS) is 11.8. The Labute approximate surface area is 194 Å². The van der Waals surface area contributed by atoms with Crippen LogP contribution in [0.25, 0.3) is 0 Å². The molecule has 0 aliphatic heterocycles. The molecular weight excluding hydrogens is 481 g/mol. The third kappa shape index (κ3) is 5.77. The number of hydrogen-bond acceptors (Lipinski definition) is 4. The van der Waals surface area contributed by atoms with Crippen molar-refractivity contribution in [2.24, 2.45) is 5.10 Å². The van der Waals surface area contributed by atoms with E-state index in [1.165, 1.54) is 30.3 Å². The van der Waals surface area contributed by atoms with E-state index in [0.29, 0.717) is 21.3 Å². The fourth-order valence-electron chi connectivity index (χ4n) is 2.59. The topological polar surface area (TPSA) is 87.6 Å². The fourth-order valence-corrected chi connectivity index (χ4v) is 4.50. The molecule has 3 aromatic rings. The molecule has 2 N–H and O–H groups in total. The van der Waals surface area contributed by atoms with Gasteiger partial charge < -0.3 is 0 Å². The summed E-state index contributed by atoms with van der Waals surface area (Å²) in [5.74, 6) is -0.584. The lowest BCUT2D eigenvalue weighted by Gasteiger charge is -2.10. The van der Waals surface area contributed by atoms with E-state index in [4.69, 9.17) is 34.8 Å². The summed E-state index contributed by atoms with van der Waals surface area (Å²) in [5, 5.41) is 5.17. The maximum absolute atomic E-state index is 12.7. The SMILES string of the molecule is C/C(=N\NC(=O)c1cccc(S(=O)(=O)Nc2ccccc2Cl)c1)c1ccc(Cl)cc1Cl. The number of para-hydroxylation sites is 1. The Kier molecular flexibility index (Phi) is 7.23. The van der Waals surface area contributed by atoms with Gasteiger partial charge in [0.1, 0.15) is 0 Å². The number of carbonyl (C=O) groups is 1. The highest BCUT2D eigenvalue weighted by molar-refractivity contribution is 7.92. The number of nitrogens with zero attached hydrogens (tertiary/aromatic N) is 1. The first-order valence-corrected chi connectivity index (χ1v) is 11.5. The van der Waals surface area contributed by atoms with Crippen molar-refractivity contribution in [2.45, 2.75) is 11.8 Å². The highest BCUT2D eigenvalue weighted by atomic mass is 35.5. The molecule has 6 nitrogen and oxygen atoms in total. The molecule has 0 fully saturated rings. The van der Waals surface area contributed by atoms with Crippen LogP contribution in [0.15, 0.2) is 76.7 Å². The predicted molar refractivity (Wildman–Crippen MR) is 125 cm³/mol. The van der Waals surface area contributed by atoms with Gasteiger partial charge in [0.2, 0.25) is 0 Å². The van der Waals surface area contributed by atoms with Crippen LogP contribution in [0.4, 0.5) is 5.69 Å². The maximum Gasteiger partial charge on any atom is 0.271 e. The van der Waals surface area contributed by atoms with Crippen LogP contribution >= 0.6 is 34.8 Å². The van der Waals surface area contributed by atoms with Gasteiger partial charge in [-0.15, -0.1) is 0 Å². The van der Waals surface area contributed by atoms with Crippen LogP contribution in [-0.4, -0.2) is 20.0 Å². The van der Waals surface area contributed by atoms with Crippen molar-refractivity contribution in [1.82, 2.24) is 5.43 Å². The molecule has 160 valence electrons. The second-order valence-corrected chi connectivity index (χ2v) is 9.31. The number of anilines is 1. The molecule has 0 saturated heterocycles. The molecule has 0 aliphatic rings. The lowest BCUT2D eigenvalue weighted by Crippen LogP contribution is -2.20. The molecule has 0 radical (unpaired) electrons. The van der Waals surface area contributed by atoms with Crippen molar-refractivity contribution in [3.63, 3.8) is 0 Å². The van der Waals surface area contributed by atoms with Crippen LogP contribution in [-0.2, 0) is 10.0 Å². The Morgan fingerprint density at radius 2 is 1.65 bits per heavy atom. The van der Waals surface area contributed by atoms with Crippen LogP contribution in [0, 0.1) is 0 Å². The molecule has 0 spiro atoms. The summed E-state index contributed by atoms with van der Waals surface area (Å²) in [6.45, 7) is 1.67. The second-order valence-electron chi connectivity index (χ2n) is 6.38. The minimum absolute atomic E-state index is 0.0958. The van der Waals surface area contributed by atoms with Crippen LogP contribution in [0.2, 0.25) is 15.1 Å². The molecule has 3 aromatic carbocycles. The highest BCUT2D eigenvalue weighted by Gasteiger charge is 2.18. The van der Waals surface area contributed by atoms with Gasteiger partial charge in [-0.3, -0.25) is 9.52 Å². The molecule has 3 rings (SSSR count). The standard InChI is InChI=1S/C21H16Cl3N3O3S/c1-13(17-10-9-15(22)12-19(17)24)25-26-21(28)14-5-4-6-16(11-14)31(29,30)27-20-8-3-2-7-18(20)23/h2-12,27H,1H3,(H,26,28)/b25-13+. The second kappa shape index (κ2) is 9.70. The van der Waals surface area contributed by atoms with Gasteiger partial charge in [-0.25, -0.2) is 13.8 Å². The van der Waals surface area contributed by atoms with Crippen molar-refractivity contribution in [3.05, 3.63) is 92.9 Å². The first-order valence-electron chi connectivity index (χ1n) is 8.85. The van der Waals surface area contributed by atoms with Crippen LogP contribution in [0.1, 0.15) is 22.8 Å². The first-order chi connectivity index (χ1) is 14.7. The van der Waals surface area contributed by atoms with Crippen molar-refractivity contribution >= 4 is 62.1 Å². The minimum Gasteiger partial charge on any atom is -0.278 e. The van der Waals surface area contributed by atoms with Gasteiger partial charge in [-0.05, 0) is 49.4 Å². The summed E-state index contributed by atoms with van der Waals surface area (Å²) in [6.07, 6.45) is 0. The Morgan fingerprint density at radius 3 is 2.35 bits per heavy atom. The van der Waals surface area contributed by atoms with Gasteiger partial charge in [0.25, 0.3) is 15.9 Å². The van der Waals surface area contributed by atoms with Crippen molar-refractivity contribution in [1.29, 1.82) is 0 Å². The van der Waals surface area contributed by atoms with E-state index in [-0.39, 0.29) is 21.2 Å². The molecular formula is C21H16Cl3N3O3S. The average Bonchev–Trinajstić information content (AvgIpc) is 2.73. The Hall–Kier alpha value is -2.58. The third-order valence-corrected chi connectivity index (χ3v) is 6.41. The largest absolute Gasteiger partial charge is 0.278 e. The number of carbonyl (C=O) groups excluding carboxylic acids is 1. The Balaban J connectivity index is 1.79. The lowest BCUT2D eigenvalue weighted by molar-refractivity contribution is 0.0954. The summed E-state index contributed by atoms with van der Waals surface area (Å²) in [6, 6.07) is 16.9. The molecule has 10 heteroatoms. The summed E-state index contributed by atoms with van der Waals surface area (Å²) in [5.41, 5.74) is 3.81. The van der Waals surface area contributed by atoms with E-state index < -0.39 is 15.9 Å². The van der Waals surface area contributed by atoms with E-state index in [1.54, 1.807) is 43.3 Å². The predicted octanol–water partition coefficient (Wildman–Crippen LogP) is 5.60. The number of hydrogen-bond donors (Lipinski definition) is 2. The monoisotopic (exact) mass is 495 g/mol. The number of rotatable bonds is 6. The number of amides is 1. The lowest BCUT2D eigenvalue weighted by atomic mass is 10.1. The van der Waals surface area contributed by atoms with Gasteiger partial charge in [0, 0.05) is 16.1 Å². The van der Waals surface area contributed by atoms with E-state index >= 15 is 0 Å². The smallest absolute Gasteiger partial charge is 0.271 e. The minimum atomic E-state index is -3.96. The zero-order valence-electron chi connectivity index (χ0n) is 16.1. The highest BCUT2D eigenvalue weighted by Crippen LogP contribution is 2.24. The average molecular weight is 497 g/mol. The van der Waals surface area contributed by atoms with Gasteiger partial charge in [-0.2, -0.15) is 5.10 Å². The summed E-state index contributed by atoms with van der Waals surface area (Å²) in [4.78, 5) is 12.4. The number of sulfonamides is 1. The summed E-state index contributed by atoms with van der Waals surface area (Å²) < 4.78 is 27.8. The zero-order valence-corrected chi connectivity index (χ0v) is 19.1. The van der Waals surface area contributed by atoms with Crippen molar-refractivity contribution < 1.29 is 13.2 Å². The van der Waals surface area contributed by atoms with Crippen molar-refractivity contribution in [3.8, 4) is 0 Å². The molecule has 0 heterocycles.